The van der Waals surface area contributed by atoms with Crippen molar-refractivity contribution in [2.75, 3.05) is 0 Å². The van der Waals surface area contributed by atoms with E-state index in [4.69, 9.17) is 0 Å². The van der Waals surface area contributed by atoms with Crippen LogP contribution >= 0.6 is 0 Å². The number of hydrogen-bond donors (Lipinski definition) is 0. The Kier molecular flexibility index (Phi) is 2.79. The largest absolute Gasteiger partial charge is 0.435 e. The van der Waals surface area contributed by atoms with Crippen LogP contribution in [0.25, 0.3) is 5.57 Å². The van der Waals surface area contributed by atoms with E-state index in [0.717, 1.165) is 18.4 Å². The summed E-state index contributed by atoms with van der Waals surface area (Å²) >= 11 is 0. The fraction of sp³-hybridized carbons (Fsp3) is 0.583. The van der Waals surface area contributed by atoms with Crippen LogP contribution < -0.4 is 0 Å². The first-order valence-electron chi connectivity index (χ1n) is 5.69. The average molecular weight is 244 g/mol. The maximum absolute atomic E-state index is 12.9. The number of allylic oxidation sites excluding steroid dienone is 1. The summed E-state index contributed by atoms with van der Waals surface area (Å²) in [6.07, 6.45) is -2.46. The van der Waals surface area contributed by atoms with E-state index in [9.17, 15) is 13.2 Å². The molecule has 1 aromatic heterocycles. The van der Waals surface area contributed by atoms with Crippen LogP contribution in [0.2, 0.25) is 0 Å². The third-order valence-corrected chi connectivity index (χ3v) is 3.01. The predicted molar refractivity (Wildman–Crippen MR) is 59.6 cm³/mol. The quantitative estimate of drug-likeness (QED) is 0.734. The van der Waals surface area contributed by atoms with E-state index in [-0.39, 0.29) is 6.04 Å². The molecule has 1 heterocycles. The van der Waals surface area contributed by atoms with Crippen molar-refractivity contribution in [1.29, 1.82) is 0 Å². The lowest BCUT2D eigenvalue weighted by molar-refractivity contribution is -0.142. The van der Waals surface area contributed by atoms with Crippen molar-refractivity contribution in [2.45, 2.75) is 45.3 Å². The summed E-state index contributed by atoms with van der Waals surface area (Å²) in [5, 5.41) is 3.74. The van der Waals surface area contributed by atoms with Gasteiger partial charge in [-0.3, -0.25) is 4.68 Å². The van der Waals surface area contributed by atoms with E-state index in [1.807, 2.05) is 13.8 Å². The molecule has 0 spiro atoms. The molecule has 0 radical (unpaired) electrons. The van der Waals surface area contributed by atoms with Gasteiger partial charge in [-0.2, -0.15) is 18.3 Å². The normalized spacial score (nSPS) is 16.5. The number of hydrogen-bond acceptors (Lipinski definition) is 1. The third kappa shape index (κ3) is 1.98. The van der Waals surface area contributed by atoms with E-state index >= 15 is 0 Å². The first kappa shape index (κ1) is 12.2. The number of alkyl halides is 3. The van der Waals surface area contributed by atoms with Gasteiger partial charge in [-0.05, 0) is 38.7 Å². The average Bonchev–Trinajstić information content (AvgIpc) is 2.57. The molecule has 5 heteroatoms. The van der Waals surface area contributed by atoms with Crippen LogP contribution in [0.5, 0.6) is 0 Å². The number of fused-ring (bicyclic) bond motifs is 1. The van der Waals surface area contributed by atoms with Crippen LogP contribution in [-0.2, 0) is 12.6 Å². The van der Waals surface area contributed by atoms with Gasteiger partial charge in [0.25, 0.3) is 0 Å². The van der Waals surface area contributed by atoms with Gasteiger partial charge in [-0.25, -0.2) is 0 Å². The van der Waals surface area contributed by atoms with Gasteiger partial charge in [0.2, 0.25) is 0 Å². The van der Waals surface area contributed by atoms with Crippen molar-refractivity contribution in [1.82, 2.24) is 9.78 Å². The van der Waals surface area contributed by atoms with Gasteiger partial charge in [-0.15, -0.1) is 0 Å². The lowest BCUT2D eigenvalue weighted by atomic mass is 9.92. The van der Waals surface area contributed by atoms with Gasteiger partial charge in [0.15, 0.2) is 5.69 Å². The Hall–Kier alpha value is -1.26. The first-order valence-corrected chi connectivity index (χ1v) is 5.69. The Morgan fingerprint density at radius 3 is 2.47 bits per heavy atom. The molecule has 0 atom stereocenters. The van der Waals surface area contributed by atoms with Gasteiger partial charge in [0.05, 0.1) is 5.69 Å². The zero-order chi connectivity index (χ0) is 12.8. The minimum Gasteiger partial charge on any atom is -0.262 e. The summed E-state index contributed by atoms with van der Waals surface area (Å²) in [6, 6.07) is -0.0882. The molecule has 0 saturated carbocycles. The Morgan fingerprint density at radius 2 is 1.94 bits per heavy atom. The topological polar surface area (TPSA) is 17.8 Å². The second-order valence-electron chi connectivity index (χ2n) is 4.67. The summed E-state index contributed by atoms with van der Waals surface area (Å²) in [5.74, 6) is 0. The van der Waals surface area contributed by atoms with Gasteiger partial charge < -0.3 is 0 Å². The monoisotopic (exact) mass is 244 g/mol. The minimum atomic E-state index is -4.37. The van der Waals surface area contributed by atoms with E-state index in [0.29, 0.717) is 17.7 Å². The molecule has 1 aromatic rings. The first-order chi connectivity index (χ1) is 7.82. The number of rotatable bonds is 1. The van der Waals surface area contributed by atoms with Crippen molar-refractivity contribution < 1.29 is 13.2 Å². The number of halogens is 3. The molecule has 0 aliphatic heterocycles. The highest BCUT2D eigenvalue weighted by Crippen LogP contribution is 2.39. The van der Waals surface area contributed by atoms with Crippen LogP contribution in [0.15, 0.2) is 6.58 Å². The molecule has 0 bridgehead atoms. The van der Waals surface area contributed by atoms with Crippen molar-refractivity contribution in [3.8, 4) is 0 Å². The molecule has 0 saturated heterocycles. The highest BCUT2D eigenvalue weighted by atomic mass is 19.4. The maximum atomic E-state index is 12.9. The van der Waals surface area contributed by atoms with Crippen LogP contribution in [0.3, 0.4) is 0 Å². The van der Waals surface area contributed by atoms with Crippen molar-refractivity contribution >= 4 is 5.57 Å². The Bertz CT molecular complexity index is 455. The minimum absolute atomic E-state index is 0.0882. The molecular formula is C12H15F3N2. The van der Waals surface area contributed by atoms with Gasteiger partial charge in [0.1, 0.15) is 0 Å². The molecule has 17 heavy (non-hydrogen) atoms. The van der Waals surface area contributed by atoms with E-state index < -0.39 is 11.9 Å². The van der Waals surface area contributed by atoms with E-state index in [1.54, 1.807) is 0 Å². The van der Waals surface area contributed by atoms with Gasteiger partial charge >= 0.3 is 6.18 Å². The molecule has 0 N–H and O–H groups in total. The highest BCUT2D eigenvalue weighted by molar-refractivity contribution is 5.66. The second-order valence-corrected chi connectivity index (χ2v) is 4.67. The molecule has 0 fully saturated rings. The van der Waals surface area contributed by atoms with Gasteiger partial charge in [0, 0.05) is 11.6 Å². The molecule has 0 unspecified atom stereocenters. The molecule has 94 valence electrons. The lowest BCUT2D eigenvalue weighted by Crippen LogP contribution is -2.10. The van der Waals surface area contributed by atoms with Crippen molar-refractivity contribution in [3.05, 3.63) is 23.5 Å². The Morgan fingerprint density at radius 1 is 1.29 bits per heavy atom. The van der Waals surface area contributed by atoms with Gasteiger partial charge in [-0.1, -0.05) is 6.58 Å². The van der Waals surface area contributed by atoms with Crippen molar-refractivity contribution in [3.63, 3.8) is 0 Å². The molecule has 2 nitrogen and oxygen atoms in total. The Labute approximate surface area is 98.1 Å². The summed E-state index contributed by atoms with van der Waals surface area (Å²) in [7, 11) is 0. The van der Waals surface area contributed by atoms with Crippen LogP contribution in [0.1, 0.15) is 49.7 Å². The third-order valence-electron chi connectivity index (χ3n) is 3.01. The molecule has 2 rings (SSSR count). The maximum Gasteiger partial charge on any atom is 0.435 e. The number of aromatic nitrogens is 2. The zero-order valence-electron chi connectivity index (χ0n) is 9.93. The molecule has 0 amide bonds. The van der Waals surface area contributed by atoms with Crippen molar-refractivity contribution in [2.24, 2.45) is 0 Å². The fourth-order valence-electron chi connectivity index (χ4n) is 2.28. The molecule has 1 aliphatic rings. The summed E-state index contributed by atoms with van der Waals surface area (Å²) in [6.45, 7) is 7.52. The van der Waals surface area contributed by atoms with Crippen LogP contribution in [-0.4, -0.2) is 9.78 Å². The lowest BCUT2D eigenvalue weighted by Gasteiger charge is -2.18. The van der Waals surface area contributed by atoms with Crippen LogP contribution in [0, 0.1) is 0 Å². The summed E-state index contributed by atoms with van der Waals surface area (Å²) < 4.78 is 40.1. The van der Waals surface area contributed by atoms with E-state index in [2.05, 4.69) is 11.7 Å². The SMILES string of the molecule is C=C1CCCc2c(C(F)(F)F)nn(C(C)C)c21. The fourth-order valence-corrected chi connectivity index (χ4v) is 2.28. The smallest absolute Gasteiger partial charge is 0.262 e. The highest BCUT2D eigenvalue weighted by Gasteiger charge is 2.40. The standard InChI is InChI=1S/C12H15F3N2/c1-7(2)17-10-8(3)5-4-6-9(10)11(16-17)12(13,14)15/h7H,3-6H2,1-2H3. The zero-order valence-corrected chi connectivity index (χ0v) is 9.93. The number of nitrogens with zero attached hydrogens (tertiary/aromatic N) is 2. The summed E-state index contributed by atoms with van der Waals surface area (Å²) in [5.41, 5.74) is 0.950. The van der Waals surface area contributed by atoms with Crippen LogP contribution in [0.4, 0.5) is 13.2 Å². The predicted octanol–water partition coefficient (Wildman–Crippen LogP) is 3.83. The Balaban J connectivity index is 2.65. The molecular weight excluding hydrogens is 229 g/mol. The molecule has 0 aromatic carbocycles. The second kappa shape index (κ2) is 3.89. The summed E-state index contributed by atoms with van der Waals surface area (Å²) in [4.78, 5) is 0. The molecule has 1 aliphatic carbocycles. The van der Waals surface area contributed by atoms with E-state index in [1.165, 1.54) is 4.68 Å².